The second-order valence-electron chi connectivity index (χ2n) is 5.69. The molecule has 1 rings (SSSR count). The topological polar surface area (TPSA) is 40.5 Å². The summed E-state index contributed by atoms with van der Waals surface area (Å²) >= 11 is 0. The molecule has 94 valence electrons. The molecule has 1 aliphatic carbocycles. The third-order valence-electron chi connectivity index (χ3n) is 3.71. The van der Waals surface area contributed by atoms with Crippen LogP contribution in [0.15, 0.2) is 0 Å². The summed E-state index contributed by atoms with van der Waals surface area (Å²) in [7, 11) is 0. The van der Waals surface area contributed by atoms with E-state index in [-0.39, 0.29) is 6.42 Å². The van der Waals surface area contributed by atoms with E-state index in [1.54, 1.807) is 0 Å². The van der Waals surface area contributed by atoms with Gasteiger partial charge in [-0.25, -0.2) is 0 Å². The lowest BCUT2D eigenvalue weighted by atomic mass is 9.74. The van der Waals surface area contributed by atoms with E-state index in [2.05, 4.69) is 25.7 Å². The van der Waals surface area contributed by atoms with E-state index in [0.717, 1.165) is 6.54 Å². The van der Waals surface area contributed by atoms with Gasteiger partial charge in [0.2, 0.25) is 0 Å². The van der Waals surface area contributed by atoms with Crippen molar-refractivity contribution in [2.75, 3.05) is 13.1 Å². The van der Waals surface area contributed by atoms with Crippen LogP contribution in [0.25, 0.3) is 0 Å². The first-order valence-electron chi connectivity index (χ1n) is 6.40. The van der Waals surface area contributed by atoms with Crippen LogP contribution in [0.4, 0.5) is 0 Å². The molecule has 0 radical (unpaired) electrons. The largest absolute Gasteiger partial charge is 0.481 e. The van der Waals surface area contributed by atoms with Gasteiger partial charge >= 0.3 is 5.97 Å². The van der Waals surface area contributed by atoms with E-state index in [4.69, 9.17) is 5.11 Å². The Balaban J connectivity index is 2.48. The van der Waals surface area contributed by atoms with Crippen LogP contribution in [0.3, 0.4) is 0 Å². The van der Waals surface area contributed by atoms with Crippen LogP contribution < -0.4 is 0 Å². The minimum Gasteiger partial charge on any atom is -0.481 e. The monoisotopic (exact) mass is 227 g/mol. The smallest absolute Gasteiger partial charge is 0.304 e. The number of hydrogen-bond donors (Lipinski definition) is 1. The van der Waals surface area contributed by atoms with Crippen molar-refractivity contribution in [1.82, 2.24) is 4.90 Å². The van der Waals surface area contributed by atoms with Gasteiger partial charge in [-0.15, -0.1) is 0 Å². The molecule has 0 aliphatic heterocycles. The maximum atomic E-state index is 10.6. The summed E-state index contributed by atoms with van der Waals surface area (Å²) in [6.45, 7) is 8.44. The van der Waals surface area contributed by atoms with E-state index in [0.29, 0.717) is 18.0 Å². The van der Waals surface area contributed by atoms with E-state index in [1.165, 1.54) is 25.7 Å². The van der Waals surface area contributed by atoms with Crippen molar-refractivity contribution in [3.63, 3.8) is 0 Å². The Morgan fingerprint density at radius 2 is 2.19 bits per heavy atom. The lowest BCUT2D eigenvalue weighted by Gasteiger charge is -2.40. The highest BCUT2D eigenvalue weighted by atomic mass is 16.4. The van der Waals surface area contributed by atoms with Gasteiger partial charge in [0.1, 0.15) is 0 Å². The van der Waals surface area contributed by atoms with Gasteiger partial charge in [0.15, 0.2) is 0 Å². The van der Waals surface area contributed by atoms with Crippen LogP contribution in [0.5, 0.6) is 0 Å². The summed E-state index contributed by atoms with van der Waals surface area (Å²) < 4.78 is 0. The number of carboxylic acids is 1. The SMILES string of the molecule is CCN(CCC(=O)O)C1CCCC(C)(C)C1. The molecule has 0 amide bonds. The summed E-state index contributed by atoms with van der Waals surface area (Å²) in [5, 5.41) is 8.73. The quantitative estimate of drug-likeness (QED) is 0.785. The maximum Gasteiger partial charge on any atom is 0.304 e. The first-order chi connectivity index (χ1) is 7.44. The third-order valence-corrected chi connectivity index (χ3v) is 3.71. The second-order valence-corrected chi connectivity index (χ2v) is 5.69. The maximum absolute atomic E-state index is 10.6. The molecular formula is C13H25NO2. The summed E-state index contributed by atoms with van der Waals surface area (Å²) in [6.07, 6.45) is 5.29. The fourth-order valence-corrected chi connectivity index (χ4v) is 2.81. The van der Waals surface area contributed by atoms with Crippen LogP contribution in [-0.4, -0.2) is 35.1 Å². The Hall–Kier alpha value is -0.570. The third kappa shape index (κ3) is 4.12. The summed E-state index contributed by atoms with van der Waals surface area (Å²) in [4.78, 5) is 12.9. The van der Waals surface area contributed by atoms with Gasteiger partial charge in [0.05, 0.1) is 6.42 Å². The van der Waals surface area contributed by atoms with Crippen molar-refractivity contribution < 1.29 is 9.90 Å². The average Bonchev–Trinajstić information content (AvgIpc) is 2.16. The number of carbonyl (C=O) groups is 1. The molecule has 1 atom stereocenters. The summed E-state index contributed by atoms with van der Waals surface area (Å²) in [6, 6.07) is 0.591. The Kier molecular flexibility index (Phi) is 4.78. The van der Waals surface area contributed by atoms with E-state index in [9.17, 15) is 4.79 Å². The van der Waals surface area contributed by atoms with E-state index >= 15 is 0 Å². The van der Waals surface area contributed by atoms with Gasteiger partial charge in [0, 0.05) is 12.6 Å². The highest BCUT2D eigenvalue weighted by Crippen LogP contribution is 2.37. The van der Waals surface area contributed by atoms with Crippen molar-refractivity contribution in [3.8, 4) is 0 Å². The first-order valence-corrected chi connectivity index (χ1v) is 6.40. The summed E-state index contributed by atoms with van der Waals surface area (Å²) in [5.74, 6) is -0.687. The van der Waals surface area contributed by atoms with Gasteiger partial charge in [-0.3, -0.25) is 4.79 Å². The standard InChI is InChI=1S/C13H25NO2/c1-4-14(9-7-12(15)16)11-6-5-8-13(2,3)10-11/h11H,4-10H2,1-3H3,(H,15,16). The molecule has 0 saturated heterocycles. The van der Waals surface area contributed by atoms with Crippen LogP contribution >= 0.6 is 0 Å². The number of rotatable bonds is 5. The van der Waals surface area contributed by atoms with Gasteiger partial charge in [0.25, 0.3) is 0 Å². The highest BCUT2D eigenvalue weighted by Gasteiger charge is 2.30. The zero-order valence-corrected chi connectivity index (χ0v) is 10.8. The number of hydrogen-bond acceptors (Lipinski definition) is 2. The molecule has 1 fully saturated rings. The lowest BCUT2D eigenvalue weighted by Crippen LogP contribution is -2.42. The van der Waals surface area contributed by atoms with Crippen molar-refractivity contribution >= 4 is 5.97 Å². The van der Waals surface area contributed by atoms with Crippen LogP contribution in [0, 0.1) is 5.41 Å². The molecule has 1 aliphatic rings. The van der Waals surface area contributed by atoms with Gasteiger partial charge in [-0.2, -0.15) is 0 Å². The zero-order valence-electron chi connectivity index (χ0n) is 10.8. The molecular weight excluding hydrogens is 202 g/mol. The van der Waals surface area contributed by atoms with Crippen molar-refractivity contribution in [2.45, 2.75) is 58.9 Å². The molecule has 1 unspecified atom stereocenters. The number of aliphatic carboxylic acids is 1. The molecule has 0 bridgehead atoms. The fourth-order valence-electron chi connectivity index (χ4n) is 2.81. The van der Waals surface area contributed by atoms with Gasteiger partial charge < -0.3 is 10.0 Å². The normalized spacial score (nSPS) is 24.6. The fraction of sp³-hybridized carbons (Fsp3) is 0.923. The molecule has 0 heterocycles. The molecule has 0 spiro atoms. The van der Waals surface area contributed by atoms with Gasteiger partial charge in [-0.05, 0) is 31.2 Å². The minimum atomic E-state index is -0.687. The van der Waals surface area contributed by atoms with Crippen molar-refractivity contribution in [3.05, 3.63) is 0 Å². The molecule has 16 heavy (non-hydrogen) atoms. The minimum absolute atomic E-state index is 0.269. The van der Waals surface area contributed by atoms with Crippen molar-refractivity contribution in [1.29, 1.82) is 0 Å². The molecule has 1 saturated carbocycles. The average molecular weight is 227 g/mol. The molecule has 0 aromatic heterocycles. The second kappa shape index (κ2) is 5.67. The lowest BCUT2D eigenvalue weighted by molar-refractivity contribution is -0.137. The Morgan fingerprint density at radius 3 is 2.69 bits per heavy atom. The van der Waals surface area contributed by atoms with E-state index in [1.807, 2.05) is 0 Å². The molecule has 0 aromatic carbocycles. The number of nitrogens with zero attached hydrogens (tertiary/aromatic N) is 1. The number of carboxylic acid groups (broad SMARTS) is 1. The highest BCUT2D eigenvalue weighted by molar-refractivity contribution is 5.66. The predicted octanol–water partition coefficient (Wildman–Crippen LogP) is 2.75. The Labute approximate surface area is 98.8 Å². The van der Waals surface area contributed by atoms with Crippen molar-refractivity contribution in [2.24, 2.45) is 5.41 Å². The Morgan fingerprint density at radius 1 is 1.50 bits per heavy atom. The van der Waals surface area contributed by atoms with E-state index < -0.39 is 5.97 Å². The zero-order chi connectivity index (χ0) is 12.2. The Bertz CT molecular complexity index is 238. The van der Waals surface area contributed by atoms with Crippen LogP contribution in [-0.2, 0) is 4.79 Å². The van der Waals surface area contributed by atoms with Crippen LogP contribution in [0.2, 0.25) is 0 Å². The van der Waals surface area contributed by atoms with Gasteiger partial charge in [-0.1, -0.05) is 27.2 Å². The molecule has 1 N–H and O–H groups in total. The first kappa shape index (κ1) is 13.5. The molecule has 3 nitrogen and oxygen atoms in total. The van der Waals surface area contributed by atoms with Crippen LogP contribution in [0.1, 0.15) is 52.9 Å². The summed E-state index contributed by atoms with van der Waals surface area (Å²) in [5.41, 5.74) is 0.430. The molecule has 3 heteroatoms. The predicted molar refractivity (Wildman–Crippen MR) is 65.5 cm³/mol. The molecule has 0 aromatic rings.